The lowest BCUT2D eigenvalue weighted by Gasteiger charge is -2.33. The van der Waals surface area contributed by atoms with Crippen molar-refractivity contribution in [3.8, 4) is 0 Å². The van der Waals surface area contributed by atoms with Gasteiger partial charge in [0, 0.05) is 12.6 Å². The average molecular weight is 339 g/mol. The molecule has 1 amide bonds. The zero-order chi connectivity index (χ0) is 16.7. The van der Waals surface area contributed by atoms with Crippen molar-refractivity contribution < 1.29 is 30.8 Å². The number of halogens is 4. The van der Waals surface area contributed by atoms with Gasteiger partial charge in [-0.2, -0.15) is 13.2 Å². The molecule has 0 aromatic heterocycles. The zero-order valence-electron chi connectivity index (χ0n) is 11.5. The molecule has 0 radical (unpaired) electrons. The molecule has 22 heavy (non-hydrogen) atoms. The minimum absolute atomic E-state index is 0.169. The van der Waals surface area contributed by atoms with Gasteiger partial charge in [0.1, 0.15) is 5.82 Å². The van der Waals surface area contributed by atoms with Gasteiger partial charge in [0.05, 0.1) is 22.6 Å². The Balaban J connectivity index is 2.35. The van der Waals surface area contributed by atoms with Crippen LogP contribution in [0.25, 0.3) is 0 Å². The Bertz CT molecular complexity index is 700. The molecule has 1 atom stereocenters. The number of nitrogens with zero attached hydrogens (tertiary/aromatic N) is 1. The zero-order valence-corrected chi connectivity index (χ0v) is 12.3. The summed E-state index contributed by atoms with van der Waals surface area (Å²) in [6.45, 7) is 1.29. The molecule has 0 bridgehead atoms. The molecule has 1 saturated heterocycles. The monoisotopic (exact) mass is 339 g/mol. The first-order valence-corrected chi connectivity index (χ1v) is 8.22. The van der Waals surface area contributed by atoms with Crippen LogP contribution in [0, 0.1) is 5.82 Å². The van der Waals surface area contributed by atoms with E-state index in [-0.39, 0.29) is 18.1 Å². The topological polar surface area (TPSA) is 54.5 Å². The van der Waals surface area contributed by atoms with E-state index in [0.717, 1.165) is 17.0 Å². The van der Waals surface area contributed by atoms with E-state index in [1.54, 1.807) is 0 Å². The second-order valence-electron chi connectivity index (χ2n) is 5.13. The van der Waals surface area contributed by atoms with Crippen LogP contribution in [0.15, 0.2) is 18.2 Å². The highest BCUT2D eigenvalue weighted by Crippen LogP contribution is 2.33. The largest absolute Gasteiger partial charge is 0.419 e. The van der Waals surface area contributed by atoms with Gasteiger partial charge < -0.3 is 4.90 Å². The summed E-state index contributed by atoms with van der Waals surface area (Å²) in [7, 11) is -3.29. The van der Waals surface area contributed by atoms with Crippen molar-refractivity contribution in [2.24, 2.45) is 0 Å². The molecule has 4 nitrogen and oxygen atoms in total. The third kappa shape index (κ3) is 3.23. The number of hydrogen-bond acceptors (Lipinski definition) is 3. The number of benzene rings is 1. The van der Waals surface area contributed by atoms with Crippen LogP contribution in [0.2, 0.25) is 0 Å². The minimum atomic E-state index is -4.91. The molecule has 0 spiro atoms. The number of amides is 1. The predicted octanol–water partition coefficient (Wildman–Crippen LogP) is 2.10. The number of rotatable bonds is 1. The molecule has 1 aliphatic rings. The van der Waals surface area contributed by atoms with Crippen LogP contribution in [-0.4, -0.2) is 43.3 Å². The SMILES string of the molecule is C[C@H]1CS(=O)(=O)CCN1C(=O)c1cccc(C(F)(F)F)c1F. The molecule has 2 rings (SSSR count). The van der Waals surface area contributed by atoms with E-state index in [1.807, 2.05) is 0 Å². The molecule has 9 heteroatoms. The van der Waals surface area contributed by atoms with Gasteiger partial charge in [-0.3, -0.25) is 4.79 Å². The van der Waals surface area contributed by atoms with Crippen molar-refractivity contribution in [3.63, 3.8) is 0 Å². The van der Waals surface area contributed by atoms with Gasteiger partial charge in [-0.1, -0.05) is 6.07 Å². The Labute approximate surface area is 124 Å². The normalized spacial score (nSPS) is 21.7. The van der Waals surface area contributed by atoms with E-state index in [1.165, 1.54) is 6.92 Å². The van der Waals surface area contributed by atoms with Gasteiger partial charge in [0.25, 0.3) is 5.91 Å². The maximum Gasteiger partial charge on any atom is 0.419 e. The van der Waals surface area contributed by atoms with Gasteiger partial charge in [-0.15, -0.1) is 0 Å². The summed E-state index contributed by atoms with van der Waals surface area (Å²) in [6, 6.07) is 1.74. The summed E-state index contributed by atoms with van der Waals surface area (Å²) in [6.07, 6.45) is -4.91. The van der Waals surface area contributed by atoms with E-state index in [2.05, 4.69) is 0 Å². The van der Waals surface area contributed by atoms with Crippen molar-refractivity contribution in [1.82, 2.24) is 4.90 Å². The summed E-state index contributed by atoms with van der Waals surface area (Å²) in [4.78, 5) is 13.3. The molecule has 122 valence electrons. The standard InChI is InChI=1S/C13H13F4NO3S/c1-8-7-22(20,21)6-5-18(8)12(19)9-3-2-4-10(11(9)14)13(15,16)17/h2-4,8H,5-7H2,1H3/t8-/m0/s1. The lowest BCUT2D eigenvalue weighted by Crippen LogP contribution is -2.50. The van der Waals surface area contributed by atoms with Gasteiger partial charge in [-0.25, -0.2) is 12.8 Å². The highest BCUT2D eigenvalue weighted by Gasteiger charge is 2.38. The maximum absolute atomic E-state index is 14.0. The number of sulfone groups is 1. The van der Waals surface area contributed by atoms with Gasteiger partial charge >= 0.3 is 6.18 Å². The van der Waals surface area contributed by atoms with Crippen LogP contribution >= 0.6 is 0 Å². The molecule has 0 N–H and O–H groups in total. The summed E-state index contributed by atoms with van der Waals surface area (Å²) in [5.74, 6) is -3.16. The summed E-state index contributed by atoms with van der Waals surface area (Å²) < 4.78 is 74.9. The van der Waals surface area contributed by atoms with Crippen LogP contribution in [-0.2, 0) is 16.0 Å². The Morgan fingerprint density at radius 3 is 2.50 bits per heavy atom. The fourth-order valence-corrected chi connectivity index (χ4v) is 3.93. The molecular formula is C13H13F4NO3S. The number of carbonyl (C=O) groups is 1. The first-order valence-electron chi connectivity index (χ1n) is 6.40. The van der Waals surface area contributed by atoms with Crippen LogP contribution in [0.5, 0.6) is 0 Å². The quantitative estimate of drug-likeness (QED) is 0.737. The Morgan fingerprint density at radius 1 is 1.32 bits per heavy atom. The maximum atomic E-state index is 14.0. The van der Waals surface area contributed by atoms with Crippen molar-refractivity contribution in [1.29, 1.82) is 0 Å². The van der Waals surface area contributed by atoms with Crippen molar-refractivity contribution in [3.05, 3.63) is 35.1 Å². The van der Waals surface area contributed by atoms with Crippen LogP contribution in [0.4, 0.5) is 17.6 Å². The molecule has 1 aromatic rings. The highest BCUT2D eigenvalue weighted by atomic mass is 32.2. The highest BCUT2D eigenvalue weighted by molar-refractivity contribution is 7.91. The summed E-state index contributed by atoms with van der Waals surface area (Å²) in [5.41, 5.74) is -2.23. The minimum Gasteiger partial charge on any atom is -0.334 e. The van der Waals surface area contributed by atoms with Crippen LogP contribution < -0.4 is 0 Å². The molecule has 1 aromatic carbocycles. The van der Waals surface area contributed by atoms with E-state index in [9.17, 15) is 30.8 Å². The smallest absolute Gasteiger partial charge is 0.334 e. The van der Waals surface area contributed by atoms with Crippen molar-refractivity contribution in [2.75, 3.05) is 18.1 Å². The summed E-state index contributed by atoms with van der Waals surface area (Å²) in [5, 5.41) is 0. The Morgan fingerprint density at radius 2 is 1.95 bits per heavy atom. The fraction of sp³-hybridized carbons (Fsp3) is 0.462. The predicted molar refractivity (Wildman–Crippen MR) is 70.6 cm³/mol. The fourth-order valence-electron chi connectivity index (χ4n) is 2.37. The van der Waals surface area contributed by atoms with Gasteiger partial charge in [0.15, 0.2) is 9.84 Å². The molecule has 0 unspecified atom stereocenters. The van der Waals surface area contributed by atoms with Crippen molar-refractivity contribution in [2.45, 2.75) is 19.1 Å². The second kappa shape index (κ2) is 5.53. The van der Waals surface area contributed by atoms with E-state index in [4.69, 9.17) is 0 Å². The third-order valence-electron chi connectivity index (χ3n) is 3.47. The van der Waals surface area contributed by atoms with E-state index in [0.29, 0.717) is 6.07 Å². The lowest BCUT2D eigenvalue weighted by molar-refractivity contribution is -0.140. The van der Waals surface area contributed by atoms with Gasteiger partial charge in [-0.05, 0) is 19.1 Å². The molecular weight excluding hydrogens is 326 g/mol. The molecule has 1 heterocycles. The number of hydrogen-bond donors (Lipinski definition) is 0. The van der Waals surface area contributed by atoms with Crippen LogP contribution in [0.3, 0.4) is 0 Å². The first kappa shape index (κ1) is 16.7. The average Bonchev–Trinajstić information content (AvgIpc) is 2.35. The molecule has 0 aliphatic carbocycles. The summed E-state index contributed by atoms with van der Waals surface area (Å²) >= 11 is 0. The van der Waals surface area contributed by atoms with E-state index < -0.39 is 44.9 Å². The number of alkyl halides is 3. The van der Waals surface area contributed by atoms with E-state index >= 15 is 0 Å². The molecule has 0 saturated carbocycles. The Kier molecular flexibility index (Phi) is 4.20. The van der Waals surface area contributed by atoms with Crippen LogP contribution in [0.1, 0.15) is 22.8 Å². The molecule has 1 fully saturated rings. The molecule has 1 aliphatic heterocycles. The third-order valence-corrected chi connectivity index (χ3v) is 5.26. The lowest BCUT2D eigenvalue weighted by atomic mass is 10.1. The number of carbonyl (C=O) groups excluding carboxylic acids is 1. The Hall–Kier alpha value is -1.64. The first-order chi connectivity index (χ1) is 10.0. The van der Waals surface area contributed by atoms with Crippen molar-refractivity contribution >= 4 is 15.7 Å². The second-order valence-corrected chi connectivity index (χ2v) is 7.36. The van der Waals surface area contributed by atoms with Gasteiger partial charge in [0.2, 0.25) is 0 Å².